The van der Waals surface area contributed by atoms with Crippen LogP contribution in [-0.2, 0) is 10.0 Å². The molecule has 0 saturated heterocycles. The molecule has 4 rings (SSSR count). The summed E-state index contributed by atoms with van der Waals surface area (Å²) < 4.78 is 28.7. The summed E-state index contributed by atoms with van der Waals surface area (Å²) in [4.78, 5) is 13.6. The van der Waals surface area contributed by atoms with Gasteiger partial charge in [0.1, 0.15) is 6.04 Å². The zero-order valence-corrected chi connectivity index (χ0v) is 17.8. The van der Waals surface area contributed by atoms with Crippen molar-refractivity contribution in [3.05, 3.63) is 113 Å². The van der Waals surface area contributed by atoms with Gasteiger partial charge in [0.15, 0.2) is 5.78 Å². The summed E-state index contributed by atoms with van der Waals surface area (Å²) in [5.74, 6) is -0.598. The first-order valence-electron chi connectivity index (χ1n) is 9.10. The minimum Gasteiger partial charge on any atom is -0.292 e. The van der Waals surface area contributed by atoms with E-state index in [1.54, 1.807) is 42.5 Å². The van der Waals surface area contributed by atoms with Gasteiger partial charge in [-0.3, -0.25) is 9.10 Å². The minimum atomic E-state index is -3.89. The summed E-state index contributed by atoms with van der Waals surface area (Å²) in [6, 6.07) is 23.9. The highest BCUT2D eigenvalue weighted by atomic mass is 79.9. The van der Waals surface area contributed by atoms with Gasteiger partial charge in [0.25, 0.3) is 10.0 Å². The minimum absolute atomic E-state index is 0.143. The quantitative estimate of drug-likeness (QED) is 0.495. The van der Waals surface area contributed by atoms with E-state index in [4.69, 9.17) is 0 Å². The third-order valence-corrected chi connectivity index (χ3v) is 7.26. The highest BCUT2D eigenvalue weighted by Crippen LogP contribution is 2.36. The number of rotatable bonds is 5. The van der Waals surface area contributed by atoms with Gasteiger partial charge in [-0.2, -0.15) is 0 Å². The van der Waals surface area contributed by atoms with E-state index in [-0.39, 0.29) is 16.6 Å². The lowest BCUT2D eigenvalue weighted by molar-refractivity contribution is 0.0915. The first kappa shape index (κ1) is 19.6. The molecule has 0 aromatic heterocycles. The van der Waals surface area contributed by atoms with Gasteiger partial charge in [-0.1, -0.05) is 82.7 Å². The largest absolute Gasteiger partial charge is 0.292 e. The second-order valence-electron chi connectivity index (χ2n) is 6.74. The molecule has 4 nitrogen and oxygen atoms in total. The number of nitrogens with zero attached hydrogens (tertiary/aromatic N) is 1. The first-order chi connectivity index (χ1) is 14.0. The van der Waals surface area contributed by atoms with Gasteiger partial charge in [-0.25, -0.2) is 8.42 Å². The van der Waals surface area contributed by atoms with Crippen LogP contribution in [0, 0.1) is 0 Å². The van der Waals surface area contributed by atoms with Crippen molar-refractivity contribution in [2.75, 3.05) is 0 Å². The van der Waals surface area contributed by atoms with Crippen molar-refractivity contribution in [2.45, 2.75) is 16.9 Å². The SMILES string of the molecule is O=C(c1ccccc1)[C@H]1[C@H](c2ccccc2)C=CN1S(=O)(=O)c1ccc(Br)cc1. The normalized spacial score (nSPS) is 18.7. The van der Waals surface area contributed by atoms with Crippen molar-refractivity contribution in [3.8, 4) is 0 Å². The zero-order chi connectivity index (χ0) is 20.4. The van der Waals surface area contributed by atoms with Crippen LogP contribution in [0.5, 0.6) is 0 Å². The summed E-state index contributed by atoms with van der Waals surface area (Å²) in [5, 5.41) is 0. The number of sulfonamides is 1. The van der Waals surface area contributed by atoms with E-state index in [0.717, 1.165) is 10.0 Å². The first-order valence-corrected chi connectivity index (χ1v) is 11.3. The molecule has 0 fully saturated rings. The van der Waals surface area contributed by atoms with Gasteiger partial charge in [0.2, 0.25) is 0 Å². The second-order valence-corrected chi connectivity index (χ2v) is 9.50. The molecule has 1 aliphatic rings. The molecule has 1 heterocycles. The number of ketones is 1. The van der Waals surface area contributed by atoms with Crippen LogP contribution >= 0.6 is 15.9 Å². The zero-order valence-electron chi connectivity index (χ0n) is 15.4. The van der Waals surface area contributed by atoms with Crippen LogP contribution in [0.1, 0.15) is 21.8 Å². The lowest BCUT2D eigenvalue weighted by Gasteiger charge is -2.28. The Labute approximate surface area is 178 Å². The topological polar surface area (TPSA) is 54.5 Å². The summed E-state index contributed by atoms with van der Waals surface area (Å²) >= 11 is 3.32. The van der Waals surface area contributed by atoms with Gasteiger partial charge in [-0.15, -0.1) is 0 Å². The molecule has 0 saturated carbocycles. The van der Waals surface area contributed by atoms with E-state index in [0.29, 0.717) is 5.56 Å². The number of hydrogen-bond acceptors (Lipinski definition) is 3. The molecule has 0 unspecified atom stereocenters. The number of carbonyl (C=O) groups is 1. The Hall–Kier alpha value is -2.70. The van der Waals surface area contributed by atoms with E-state index in [9.17, 15) is 13.2 Å². The Morgan fingerprint density at radius 3 is 2.03 bits per heavy atom. The molecule has 6 heteroatoms. The molecule has 2 atom stereocenters. The van der Waals surface area contributed by atoms with Crippen LogP contribution in [0.25, 0.3) is 0 Å². The van der Waals surface area contributed by atoms with Gasteiger partial charge in [0.05, 0.1) is 4.90 Å². The van der Waals surface area contributed by atoms with E-state index >= 15 is 0 Å². The Morgan fingerprint density at radius 2 is 1.41 bits per heavy atom. The van der Waals surface area contributed by atoms with Crippen molar-refractivity contribution >= 4 is 31.7 Å². The molecule has 0 bridgehead atoms. The van der Waals surface area contributed by atoms with Crippen LogP contribution in [0.2, 0.25) is 0 Å². The maximum absolute atomic E-state index is 13.4. The molecule has 0 N–H and O–H groups in total. The molecule has 0 radical (unpaired) electrons. The molecule has 0 amide bonds. The third-order valence-electron chi connectivity index (χ3n) is 4.96. The Bertz CT molecular complexity index is 1140. The van der Waals surface area contributed by atoms with Crippen molar-refractivity contribution in [1.29, 1.82) is 0 Å². The van der Waals surface area contributed by atoms with Crippen molar-refractivity contribution in [1.82, 2.24) is 4.31 Å². The van der Waals surface area contributed by atoms with Crippen molar-refractivity contribution in [2.24, 2.45) is 0 Å². The molecule has 0 aliphatic carbocycles. The number of benzene rings is 3. The smallest absolute Gasteiger partial charge is 0.264 e. The van der Waals surface area contributed by atoms with Crippen LogP contribution in [0.3, 0.4) is 0 Å². The predicted molar refractivity (Wildman–Crippen MR) is 116 cm³/mol. The lowest BCUT2D eigenvalue weighted by atomic mass is 9.88. The number of Topliss-reactive ketones (excluding diaryl/α,β-unsaturated/α-hetero) is 1. The van der Waals surface area contributed by atoms with Gasteiger partial charge >= 0.3 is 0 Å². The van der Waals surface area contributed by atoms with E-state index in [2.05, 4.69) is 15.9 Å². The number of hydrogen-bond donors (Lipinski definition) is 0. The predicted octanol–water partition coefficient (Wildman–Crippen LogP) is 5.00. The Morgan fingerprint density at radius 1 is 0.828 bits per heavy atom. The van der Waals surface area contributed by atoms with Crippen LogP contribution in [-0.4, -0.2) is 24.5 Å². The van der Waals surface area contributed by atoms with Gasteiger partial charge in [-0.05, 0) is 29.8 Å². The van der Waals surface area contributed by atoms with Crippen LogP contribution in [0.4, 0.5) is 0 Å². The van der Waals surface area contributed by atoms with Crippen LogP contribution in [0.15, 0.2) is 107 Å². The fourth-order valence-electron chi connectivity index (χ4n) is 3.51. The third kappa shape index (κ3) is 3.78. The molecule has 0 spiro atoms. The second kappa shape index (κ2) is 7.97. The lowest BCUT2D eigenvalue weighted by Crippen LogP contribution is -2.41. The molecule has 3 aromatic carbocycles. The standard InChI is InChI=1S/C23H18BrNO3S/c24-19-11-13-20(14-12-19)29(27,28)25-16-15-21(17-7-3-1-4-8-17)22(25)23(26)18-9-5-2-6-10-18/h1-16,21-22H/t21-,22+/m0/s1. The fraction of sp³-hybridized carbons (Fsp3) is 0.0870. The van der Waals surface area contributed by atoms with Crippen LogP contribution < -0.4 is 0 Å². The monoisotopic (exact) mass is 467 g/mol. The summed E-state index contributed by atoms with van der Waals surface area (Å²) in [6.07, 6.45) is 3.30. The summed E-state index contributed by atoms with van der Waals surface area (Å²) in [5.41, 5.74) is 1.38. The molecule has 1 aliphatic heterocycles. The molecule has 146 valence electrons. The Balaban J connectivity index is 1.79. The molecule has 29 heavy (non-hydrogen) atoms. The Kier molecular flexibility index (Phi) is 5.39. The maximum Gasteiger partial charge on any atom is 0.264 e. The van der Waals surface area contributed by atoms with E-state index in [1.165, 1.54) is 22.6 Å². The maximum atomic E-state index is 13.4. The molecular weight excluding hydrogens is 450 g/mol. The van der Waals surface area contributed by atoms with Gasteiger partial charge < -0.3 is 0 Å². The highest BCUT2D eigenvalue weighted by molar-refractivity contribution is 9.10. The van der Waals surface area contributed by atoms with Crippen molar-refractivity contribution in [3.63, 3.8) is 0 Å². The molecular formula is C23H18BrNO3S. The molecule has 3 aromatic rings. The van der Waals surface area contributed by atoms with E-state index in [1.807, 2.05) is 36.4 Å². The number of carbonyl (C=O) groups excluding carboxylic acids is 1. The fourth-order valence-corrected chi connectivity index (χ4v) is 5.26. The highest BCUT2D eigenvalue weighted by Gasteiger charge is 2.42. The summed E-state index contributed by atoms with van der Waals surface area (Å²) in [6.45, 7) is 0. The van der Waals surface area contributed by atoms with E-state index < -0.39 is 16.1 Å². The number of halogens is 1. The van der Waals surface area contributed by atoms with Gasteiger partial charge in [0, 0.05) is 22.2 Å². The van der Waals surface area contributed by atoms with Crippen molar-refractivity contribution < 1.29 is 13.2 Å². The summed E-state index contributed by atoms with van der Waals surface area (Å²) in [7, 11) is -3.89. The average Bonchev–Trinajstić information content (AvgIpc) is 3.21. The average molecular weight is 468 g/mol.